The second-order valence-corrected chi connectivity index (χ2v) is 5.57. The number of nitrogens with zero attached hydrogens (tertiary/aromatic N) is 1. The Morgan fingerprint density at radius 2 is 1.88 bits per heavy atom. The zero-order valence-electron chi connectivity index (χ0n) is 14.0. The van der Waals surface area contributed by atoms with Gasteiger partial charge in [0.15, 0.2) is 0 Å². The van der Waals surface area contributed by atoms with Crippen LogP contribution in [0.25, 0.3) is 22.2 Å². The van der Waals surface area contributed by atoms with E-state index in [9.17, 15) is 5.11 Å². The van der Waals surface area contributed by atoms with E-state index in [2.05, 4.69) is 5.32 Å². The number of pyridine rings is 1. The largest absolute Gasteiger partial charge is 0.497 e. The summed E-state index contributed by atoms with van der Waals surface area (Å²) in [6, 6.07) is 17.7. The highest BCUT2D eigenvalue weighted by Crippen LogP contribution is 2.29. The van der Waals surface area contributed by atoms with Crippen LogP contribution in [0.5, 0.6) is 5.75 Å². The molecule has 1 atom stereocenters. The summed E-state index contributed by atoms with van der Waals surface area (Å²) < 4.78 is 5.20. The van der Waals surface area contributed by atoms with Gasteiger partial charge < -0.3 is 20.9 Å². The van der Waals surface area contributed by atoms with E-state index in [1.165, 1.54) is 0 Å². The number of hydrogen-bond acceptors (Lipinski definition) is 5. The monoisotopic (exact) mass is 359 g/mol. The maximum atomic E-state index is 9.72. The number of nitrogens with two attached hydrogens (primary N) is 1. The lowest BCUT2D eigenvalue weighted by atomic mass is 10.1. The highest BCUT2D eigenvalue weighted by atomic mass is 35.5. The summed E-state index contributed by atoms with van der Waals surface area (Å²) in [5, 5.41) is 14.0. The fraction of sp³-hybridized carbons (Fsp3) is 0.211. The number of fused-ring (bicyclic) bond motifs is 1. The number of methoxy groups -OCH3 is 1. The van der Waals surface area contributed by atoms with Crippen LogP contribution < -0.4 is 15.8 Å². The lowest BCUT2D eigenvalue weighted by Crippen LogP contribution is -2.27. The van der Waals surface area contributed by atoms with E-state index >= 15 is 0 Å². The van der Waals surface area contributed by atoms with E-state index in [0.29, 0.717) is 6.54 Å². The molecule has 4 N–H and O–H groups in total. The third kappa shape index (κ3) is 4.39. The van der Waals surface area contributed by atoms with Crippen LogP contribution >= 0.6 is 12.4 Å². The molecule has 0 radical (unpaired) electrons. The average molecular weight is 360 g/mol. The van der Waals surface area contributed by atoms with Crippen molar-refractivity contribution in [3.8, 4) is 17.0 Å². The number of benzene rings is 2. The van der Waals surface area contributed by atoms with Gasteiger partial charge >= 0.3 is 0 Å². The third-order valence-corrected chi connectivity index (χ3v) is 3.90. The quantitative estimate of drug-likeness (QED) is 0.630. The van der Waals surface area contributed by atoms with Crippen LogP contribution in [0.4, 0.5) is 5.69 Å². The zero-order chi connectivity index (χ0) is 16.9. The molecule has 0 saturated heterocycles. The van der Waals surface area contributed by atoms with Gasteiger partial charge in [-0.1, -0.05) is 18.2 Å². The SMILES string of the molecule is COc1ccc(-c2cc(NCC(O)CN)c3ccccc3n2)cc1.Cl. The molecule has 0 aliphatic carbocycles. The molecule has 6 heteroatoms. The second kappa shape index (κ2) is 8.67. The summed E-state index contributed by atoms with van der Waals surface area (Å²) in [6.45, 7) is 0.619. The Hall–Kier alpha value is -2.34. The van der Waals surface area contributed by atoms with Gasteiger partial charge in [0, 0.05) is 29.7 Å². The number of aliphatic hydroxyl groups excluding tert-OH is 1. The minimum Gasteiger partial charge on any atom is -0.497 e. The Morgan fingerprint density at radius 1 is 1.16 bits per heavy atom. The van der Waals surface area contributed by atoms with E-state index in [4.69, 9.17) is 15.5 Å². The van der Waals surface area contributed by atoms with Crippen molar-refractivity contribution in [1.82, 2.24) is 4.98 Å². The lowest BCUT2D eigenvalue weighted by Gasteiger charge is -2.14. The van der Waals surface area contributed by atoms with Crippen LogP contribution in [-0.2, 0) is 0 Å². The number of hydrogen-bond donors (Lipinski definition) is 3. The van der Waals surface area contributed by atoms with Crippen molar-refractivity contribution < 1.29 is 9.84 Å². The third-order valence-electron chi connectivity index (χ3n) is 3.90. The van der Waals surface area contributed by atoms with E-state index in [-0.39, 0.29) is 19.0 Å². The van der Waals surface area contributed by atoms with Crippen molar-refractivity contribution in [1.29, 1.82) is 0 Å². The summed E-state index contributed by atoms with van der Waals surface area (Å²) in [6.07, 6.45) is -0.582. The standard InChI is InChI=1S/C19H21N3O2.ClH/c1-24-15-8-6-13(7-9-15)18-10-19(21-12-14(23)11-20)16-4-2-3-5-17(16)22-18;/h2-10,14,23H,11-12,20H2,1H3,(H,21,22);1H. The van der Waals surface area contributed by atoms with Crippen LogP contribution in [0.15, 0.2) is 54.6 Å². The molecule has 1 heterocycles. The van der Waals surface area contributed by atoms with Crippen molar-refractivity contribution >= 4 is 29.0 Å². The Labute approximate surface area is 153 Å². The van der Waals surface area contributed by atoms with Crippen LogP contribution in [0.3, 0.4) is 0 Å². The molecule has 132 valence electrons. The molecule has 5 nitrogen and oxygen atoms in total. The van der Waals surface area contributed by atoms with Gasteiger partial charge in [0.1, 0.15) is 5.75 Å². The molecule has 0 fully saturated rings. The molecular formula is C19H22ClN3O2. The first-order valence-corrected chi connectivity index (χ1v) is 7.87. The smallest absolute Gasteiger partial charge is 0.118 e. The molecular weight excluding hydrogens is 338 g/mol. The Bertz CT molecular complexity index is 825. The van der Waals surface area contributed by atoms with Gasteiger partial charge in [-0.25, -0.2) is 4.98 Å². The van der Waals surface area contributed by atoms with E-state index in [1.54, 1.807) is 7.11 Å². The molecule has 0 aliphatic heterocycles. The average Bonchev–Trinajstić information content (AvgIpc) is 2.65. The van der Waals surface area contributed by atoms with Crippen molar-refractivity contribution in [3.63, 3.8) is 0 Å². The van der Waals surface area contributed by atoms with Crippen molar-refractivity contribution in [2.75, 3.05) is 25.5 Å². The maximum Gasteiger partial charge on any atom is 0.118 e. The first-order chi connectivity index (χ1) is 11.7. The number of aromatic nitrogens is 1. The number of aliphatic hydroxyl groups is 1. The molecule has 2 aromatic carbocycles. The molecule has 1 unspecified atom stereocenters. The van der Waals surface area contributed by atoms with Gasteiger partial charge in [0.25, 0.3) is 0 Å². The Morgan fingerprint density at radius 3 is 2.56 bits per heavy atom. The topological polar surface area (TPSA) is 80.4 Å². The molecule has 0 spiro atoms. The number of rotatable bonds is 6. The fourth-order valence-corrected chi connectivity index (χ4v) is 2.54. The molecule has 0 amide bonds. The van der Waals surface area contributed by atoms with Gasteiger partial charge in [-0.3, -0.25) is 0 Å². The molecule has 0 aliphatic rings. The fourth-order valence-electron chi connectivity index (χ4n) is 2.54. The van der Waals surface area contributed by atoms with Crippen molar-refractivity contribution in [2.45, 2.75) is 6.10 Å². The number of para-hydroxylation sites is 1. The zero-order valence-corrected chi connectivity index (χ0v) is 14.8. The van der Waals surface area contributed by atoms with Crippen LogP contribution in [-0.4, -0.2) is 36.4 Å². The summed E-state index contributed by atoms with van der Waals surface area (Å²) in [4.78, 5) is 4.74. The minimum atomic E-state index is -0.582. The number of anilines is 1. The van der Waals surface area contributed by atoms with Crippen molar-refractivity contribution in [3.05, 3.63) is 54.6 Å². The van der Waals surface area contributed by atoms with E-state index < -0.39 is 6.10 Å². The number of halogens is 1. The van der Waals surface area contributed by atoms with Gasteiger partial charge in [0.2, 0.25) is 0 Å². The number of nitrogens with one attached hydrogen (secondary N) is 1. The maximum absolute atomic E-state index is 9.72. The molecule has 0 saturated carbocycles. The molecule has 3 rings (SSSR count). The summed E-state index contributed by atoms with van der Waals surface area (Å²) in [5.74, 6) is 0.809. The first-order valence-electron chi connectivity index (χ1n) is 7.87. The predicted molar refractivity (Wildman–Crippen MR) is 105 cm³/mol. The van der Waals surface area contributed by atoms with Gasteiger partial charge in [-0.2, -0.15) is 0 Å². The highest BCUT2D eigenvalue weighted by Gasteiger charge is 2.09. The predicted octanol–water partition coefficient (Wildman–Crippen LogP) is 3.06. The summed E-state index contributed by atoms with van der Waals surface area (Å²) in [5.41, 5.74) is 9.18. The second-order valence-electron chi connectivity index (χ2n) is 5.57. The van der Waals surface area contributed by atoms with E-state index in [1.807, 2.05) is 54.6 Å². The molecule has 1 aromatic heterocycles. The summed E-state index contributed by atoms with van der Waals surface area (Å²) >= 11 is 0. The van der Waals surface area contributed by atoms with Crippen LogP contribution in [0.2, 0.25) is 0 Å². The van der Waals surface area contributed by atoms with Gasteiger partial charge in [-0.15, -0.1) is 12.4 Å². The van der Waals surface area contributed by atoms with Crippen LogP contribution in [0.1, 0.15) is 0 Å². The first kappa shape index (κ1) is 19.0. The normalized spacial score (nSPS) is 11.6. The lowest BCUT2D eigenvalue weighted by molar-refractivity contribution is 0.196. The number of ether oxygens (including phenoxy) is 1. The van der Waals surface area contributed by atoms with E-state index in [0.717, 1.165) is 33.6 Å². The van der Waals surface area contributed by atoms with Crippen LogP contribution in [0, 0.1) is 0 Å². The summed E-state index contributed by atoms with van der Waals surface area (Å²) in [7, 11) is 1.65. The minimum absolute atomic E-state index is 0. The molecule has 25 heavy (non-hydrogen) atoms. The Kier molecular flexibility index (Phi) is 6.58. The van der Waals surface area contributed by atoms with Crippen molar-refractivity contribution in [2.24, 2.45) is 5.73 Å². The highest BCUT2D eigenvalue weighted by molar-refractivity contribution is 5.93. The Balaban J connectivity index is 0.00000225. The molecule has 0 bridgehead atoms. The van der Waals surface area contributed by atoms with Gasteiger partial charge in [0.05, 0.1) is 24.4 Å². The molecule has 3 aromatic rings. The van der Waals surface area contributed by atoms with Gasteiger partial charge in [-0.05, 0) is 36.4 Å².